The van der Waals surface area contributed by atoms with Crippen molar-refractivity contribution in [2.45, 2.75) is 18.3 Å². The number of carbonyl (C=O) groups excluding carboxylic acids is 1. The molecule has 1 N–H and O–H groups in total. The molecule has 0 aromatic heterocycles. The van der Waals surface area contributed by atoms with E-state index in [9.17, 15) is 4.79 Å². The molecule has 1 heterocycles. The number of hydrogen-bond donors (Lipinski definition) is 1. The molecule has 0 saturated heterocycles. The van der Waals surface area contributed by atoms with Crippen LogP contribution in [0.4, 0.5) is 5.69 Å². The van der Waals surface area contributed by atoms with Gasteiger partial charge in [0.15, 0.2) is 11.5 Å². The van der Waals surface area contributed by atoms with Gasteiger partial charge >= 0.3 is 0 Å². The highest BCUT2D eigenvalue weighted by molar-refractivity contribution is 6.01. The number of benzene rings is 2. The van der Waals surface area contributed by atoms with Gasteiger partial charge in [0.25, 0.3) is 0 Å². The van der Waals surface area contributed by atoms with Crippen molar-refractivity contribution in [3.05, 3.63) is 48.0 Å². The van der Waals surface area contributed by atoms with E-state index in [-0.39, 0.29) is 12.7 Å². The van der Waals surface area contributed by atoms with Crippen molar-refractivity contribution in [1.29, 1.82) is 0 Å². The van der Waals surface area contributed by atoms with Crippen LogP contribution in [0.3, 0.4) is 0 Å². The Morgan fingerprint density at radius 3 is 2.74 bits per heavy atom. The molecule has 2 aromatic carbocycles. The van der Waals surface area contributed by atoms with E-state index in [1.165, 1.54) is 0 Å². The van der Waals surface area contributed by atoms with E-state index < -0.39 is 5.41 Å². The Balaban J connectivity index is 1.57. The highest BCUT2D eigenvalue weighted by atomic mass is 16.7. The van der Waals surface area contributed by atoms with Crippen molar-refractivity contribution in [2.75, 3.05) is 19.2 Å². The summed E-state index contributed by atoms with van der Waals surface area (Å²) in [6.45, 7) is 0.238. The summed E-state index contributed by atoms with van der Waals surface area (Å²) in [4.78, 5) is 12.8. The fourth-order valence-electron chi connectivity index (χ4n) is 2.92. The molecule has 0 bridgehead atoms. The minimum atomic E-state index is -0.468. The first-order valence-electron chi connectivity index (χ1n) is 7.57. The predicted octanol–water partition coefficient (Wildman–Crippen LogP) is 3.09. The van der Waals surface area contributed by atoms with Gasteiger partial charge in [0.2, 0.25) is 12.7 Å². The van der Waals surface area contributed by atoms with Gasteiger partial charge in [-0.25, -0.2) is 0 Å². The van der Waals surface area contributed by atoms with Crippen molar-refractivity contribution in [1.82, 2.24) is 0 Å². The zero-order valence-electron chi connectivity index (χ0n) is 12.8. The van der Waals surface area contributed by atoms with Crippen molar-refractivity contribution in [3.63, 3.8) is 0 Å². The molecule has 1 saturated carbocycles. The number of carbonyl (C=O) groups is 1. The van der Waals surface area contributed by atoms with Crippen molar-refractivity contribution < 1.29 is 19.0 Å². The molecule has 118 valence electrons. The average Bonchev–Trinajstić information content (AvgIpc) is 3.26. The van der Waals surface area contributed by atoms with Gasteiger partial charge in [-0.15, -0.1) is 0 Å². The quantitative estimate of drug-likeness (QED) is 0.942. The molecule has 5 nitrogen and oxygen atoms in total. The van der Waals surface area contributed by atoms with Crippen LogP contribution in [0.2, 0.25) is 0 Å². The van der Waals surface area contributed by atoms with Crippen molar-refractivity contribution in [3.8, 4) is 17.2 Å². The average molecular weight is 311 g/mol. The summed E-state index contributed by atoms with van der Waals surface area (Å²) in [5, 5.41) is 2.99. The Hall–Kier alpha value is -2.69. The summed E-state index contributed by atoms with van der Waals surface area (Å²) >= 11 is 0. The van der Waals surface area contributed by atoms with Crippen LogP contribution >= 0.6 is 0 Å². The van der Waals surface area contributed by atoms with E-state index in [1.807, 2.05) is 42.5 Å². The molecular weight excluding hydrogens is 294 g/mol. The van der Waals surface area contributed by atoms with Crippen LogP contribution in [0.15, 0.2) is 42.5 Å². The topological polar surface area (TPSA) is 56.8 Å². The van der Waals surface area contributed by atoms with Crippen LogP contribution in [0.25, 0.3) is 0 Å². The van der Waals surface area contributed by atoms with Gasteiger partial charge in [-0.1, -0.05) is 12.1 Å². The minimum Gasteiger partial charge on any atom is -0.497 e. The van der Waals surface area contributed by atoms with E-state index >= 15 is 0 Å². The summed E-state index contributed by atoms with van der Waals surface area (Å²) < 4.78 is 15.9. The first kappa shape index (κ1) is 13.9. The third-order valence-corrected chi connectivity index (χ3v) is 4.44. The molecule has 0 unspecified atom stereocenters. The second kappa shape index (κ2) is 5.19. The Bertz CT molecular complexity index is 767. The normalized spacial score (nSPS) is 16.7. The third kappa shape index (κ3) is 2.38. The molecule has 1 aliphatic heterocycles. The summed E-state index contributed by atoms with van der Waals surface area (Å²) in [6, 6.07) is 13.1. The standard InChI is InChI=1S/C18H17NO4/c1-21-14-4-2-3-13(10-14)19-17(20)18(7-8-18)12-5-6-15-16(9-12)23-11-22-15/h2-6,9-10H,7-8,11H2,1H3,(H,19,20). The molecule has 2 aromatic rings. The van der Waals surface area contributed by atoms with Crippen LogP contribution in [-0.2, 0) is 10.2 Å². The Morgan fingerprint density at radius 1 is 1.13 bits per heavy atom. The Labute approximate surface area is 134 Å². The van der Waals surface area contributed by atoms with Crippen LogP contribution in [0.5, 0.6) is 17.2 Å². The van der Waals surface area contributed by atoms with E-state index in [2.05, 4.69) is 5.32 Å². The number of nitrogens with one attached hydrogen (secondary N) is 1. The second-order valence-electron chi connectivity index (χ2n) is 5.84. The van der Waals surface area contributed by atoms with E-state index in [4.69, 9.17) is 14.2 Å². The lowest BCUT2D eigenvalue weighted by Gasteiger charge is -2.16. The lowest BCUT2D eigenvalue weighted by Crippen LogP contribution is -2.27. The first-order valence-corrected chi connectivity index (χ1v) is 7.57. The number of methoxy groups -OCH3 is 1. The molecule has 5 heteroatoms. The van der Waals surface area contributed by atoms with E-state index in [0.29, 0.717) is 5.75 Å². The summed E-state index contributed by atoms with van der Waals surface area (Å²) in [5.41, 5.74) is 1.24. The monoisotopic (exact) mass is 311 g/mol. The van der Waals surface area contributed by atoms with Gasteiger partial charge in [0, 0.05) is 11.8 Å². The summed E-state index contributed by atoms with van der Waals surface area (Å²) in [5.74, 6) is 2.17. The molecule has 1 amide bonds. The predicted molar refractivity (Wildman–Crippen MR) is 85.1 cm³/mol. The number of rotatable bonds is 4. The molecule has 23 heavy (non-hydrogen) atoms. The maximum atomic E-state index is 12.8. The van der Waals surface area contributed by atoms with Gasteiger partial charge in [0.05, 0.1) is 12.5 Å². The van der Waals surface area contributed by atoms with Gasteiger partial charge < -0.3 is 19.5 Å². The maximum Gasteiger partial charge on any atom is 0.235 e. The number of anilines is 1. The first-order chi connectivity index (χ1) is 11.2. The SMILES string of the molecule is COc1cccc(NC(=O)C2(c3ccc4c(c3)OCO4)CC2)c1. The number of ether oxygens (including phenoxy) is 3. The van der Waals surface area contributed by atoms with Gasteiger partial charge in [-0.3, -0.25) is 4.79 Å². The highest BCUT2D eigenvalue weighted by Gasteiger charge is 2.51. The molecule has 0 atom stereocenters. The molecule has 2 aliphatic rings. The fourth-order valence-corrected chi connectivity index (χ4v) is 2.92. The van der Waals surface area contributed by atoms with Crippen molar-refractivity contribution in [2.24, 2.45) is 0 Å². The zero-order chi connectivity index (χ0) is 15.9. The maximum absolute atomic E-state index is 12.8. The smallest absolute Gasteiger partial charge is 0.235 e. The van der Waals surface area contributed by atoms with E-state index in [1.54, 1.807) is 7.11 Å². The third-order valence-electron chi connectivity index (χ3n) is 4.44. The summed E-state index contributed by atoms with van der Waals surface area (Å²) in [6.07, 6.45) is 1.67. The fraction of sp³-hybridized carbons (Fsp3) is 0.278. The Kier molecular flexibility index (Phi) is 3.15. The Morgan fingerprint density at radius 2 is 1.96 bits per heavy atom. The highest BCUT2D eigenvalue weighted by Crippen LogP contribution is 2.51. The van der Waals surface area contributed by atoms with Gasteiger partial charge in [-0.05, 0) is 42.7 Å². The van der Waals surface area contributed by atoms with Crippen LogP contribution in [0, 0.1) is 0 Å². The lowest BCUT2D eigenvalue weighted by atomic mass is 9.94. The second-order valence-corrected chi connectivity index (χ2v) is 5.84. The number of fused-ring (bicyclic) bond motifs is 1. The molecular formula is C18H17NO4. The minimum absolute atomic E-state index is 0.00428. The van der Waals surface area contributed by atoms with Crippen LogP contribution < -0.4 is 19.5 Å². The molecule has 0 radical (unpaired) electrons. The van der Waals surface area contributed by atoms with Crippen molar-refractivity contribution >= 4 is 11.6 Å². The van der Waals surface area contributed by atoms with Crippen LogP contribution in [0.1, 0.15) is 18.4 Å². The zero-order valence-corrected chi connectivity index (χ0v) is 12.8. The van der Waals surface area contributed by atoms with Gasteiger partial charge in [0.1, 0.15) is 5.75 Å². The number of amides is 1. The number of hydrogen-bond acceptors (Lipinski definition) is 4. The van der Waals surface area contributed by atoms with Crippen LogP contribution in [-0.4, -0.2) is 19.8 Å². The lowest BCUT2D eigenvalue weighted by molar-refractivity contribution is -0.118. The molecule has 4 rings (SSSR count). The van der Waals surface area contributed by atoms with Gasteiger partial charge in [-0.2, -0.15) is 0 Å². The molecule has 0 spiro atoms. The van der Waals surface area contributed by atoms with E-state index in [0.717, 1.165) is 35.6 Å². The molecule has 1 fully saturated rings. The summed E-state index contributed by atoms with van der Waals surface area (Å²) in [7, 11) is 1.61. The molecule has 1 aliphatic carbocycles. The largest absolute Gasteiger partial charge is 0.497 e.